The van der Waals surface area contributed by atoms with Crippen molar-refractivity contribution in [3.8, 4) is 5.75 Å². The number of amides is 1. The number of hydrogen-bond acceptors (Lipinski definition) is 4. The standard InChI is InChI=1S/C20H20N2O2S/c1-14-11-19(22-20-16(14)9-6-10-17(20)24-2)25-13-18(23)21-12-15-7-4-3-5-8-15/h3-11H,12-13H2,1-2H3,(H,21,23). The first-order valence-corrected chi connectivity index (χ1v) is 9.03. The van der Waals surface area contributed by atoms with Gasteiger partial charge in [-0.1, -0.05) is 54.2 Å². The predicted molar refractivity (Wildman–Crippen MR) is 102 cm³/mol. The third-order valence-corrected chi connectivity index (χ3v) is 4.80. The highest BCUT2D eigenvalue weighted by molar-refractivity contribution is 7.99. The number of thioether (sulfide) groups is 1. The van der Waals surface area contributed by atoms with Crippen molar-refractivity contribution in [2.45, 2.75) is 18.5 Å². The average Bonchev–Trinajstić information content (AvgIpc) is 2.65. The first kappa shape index (κ1) is 17.3. The molecule has 1 amide bonds. The SMILES string of the molecule is COc1cccc2c(C)cc(SCC(=O)NCc3ccccc3)nc12. The minimum Gasteiger partial charge on any atom is -0.494 e. The van der Waals surface area contributed by atoms with Gasteiger partial charge in [0, 0.05) is 11.9 Å². The van der Waals surface area contributed by atoms with Gasteiger partial charge in [-0.2, -0.15) is 0 Å². The number of pyridine rings is 1. The van der Waals surface area contributed by atoms with Gasteiger partial charge in [0.15, 0.2) is 0 Å². The summed E-state index contributed by atoms with van der Waals surface area (Å²) in [6.07, 6.45) is 0. The number of methoxy groups -OCH3 is 1. The van der Waals surface area contributed by atoms with Crippen LogP contribution >= 0.6 is 11.8 Å². The molecule has 3 aromatic rings. The van der Waals surface area contributed by atoms with Gasteiger partial charge in [0.25, 0.3) is 0 Å². The quantitative estimate of drug-likeness (QED) is 0.682. The topological polar surface area (TPSA) is 51.2 Å². The first-order valence-electron chi connectivity index (χ1n) is 8.05. The summed E-state index contributed by atoms with van der Waals surface area (Å²) >= 11 is 1.43. The number of carbonyl (C=O) groups is 1. The van der Waals surface area contributed by atoms with E-state index in [1.165, 1.54) is 11.8 Å². The lowest BCUT2D eigenvalue weighted by Crippen LogP contribution is -2.24. The number of hydrogen-bond donors (Lipinski definition) is 1. The summed E-state index contributed by atoms with van der Waals surface area (Å²) in [5.74, 6) is 1.07. The lowest BCUT2D eigenvalue weighted by molar-refractivity contribution is -0.118. The van der Waals surface area contributed by atoms with Gasteiger partial charge in [-0.05, 0) is 30.2 Å². The first-order chi connectivity index (χ1) is 12.2. The number of ether oxygens (including phenoxy) is 1. The molecule has 1 heterocycles. The van der Waals surface area contributed by atoms with Crippen LogP contribution in [0.15, 0.2) is 59.6 Å². The third-order valence-electron chi connectivity index (χ3n) is 3.89. The van der Waals surface area contributed by atoms with E-state index in [0.29, 0.717) is 12.3 Å². The number of rotatable bonds is 6. The smallest absolute Gasteiger partial charge is 0.230 e. The molecule has 0 aliphatic heterocycles. The maximum absolute atomic E-state index is 12.1. The summed E-state index contributed by atoms with van der Waals surface area (Å²) in [7, 11) is 1.64. The van der Waals surface area contributed by atoms with E-state index in [9.17, 15) is 4.79 Å². The Bertz CT molecular complexity index is 882. The fraction of sp³-hybridized carbons (Fsp3) is 0.200. The molecule has 0 atom stereocenters. The molecule has 0 aliphatic rings. The molecule has 128 valence electrons. The molecule has 0 bridgehead atoms. The second kappa shape index (κ2) is 8.03. The van der Waals surface area contributed by atoms with Crippen LogP contribution in [0.25, 0.3) is 10.9 Å². The van der Waals surface area contributed by atoms with Gasteiger partial charge >= 0.3 is 0 Å². The Balaban J connectivity index is 1.65. The lowest BCUT2D eigenvalue weighted by Gasteiger charge is -2.09. The van der Waals surface area contributed by atoms with Gasteiger partial charge in [0.2, 0.25) is 5.91 Å². The van der Waals surface area contributed by atoms with Crippen LogP contribution in [0.3, 0.4) is 0 Å². The van der Waals surface area contributed by atoms with Crippen LogP contribution in [0.5, 0.6) is 5.75 Å². The number of nitrogens with one attached hydrogen (secondary N) is 1. The van der Waals surface area contributed by atoms with E-state index in [1.807, 2.05) is 61.5 Å². The summed E-state index contributed by atoms with van der Waals surface area (Å²) in [6.45, 7) is 2.58. The van der Waals surface area contributed by atoms with E-state index in [0.717, 1.165) is 32.8 Å². The number of benzene rings is 2. The second-order valence-electron chi connectivity index (χ2n) is 5.68. The molecule has 4 nitrogen and oxygen atoms in total. The molecule has 1 aromatic heterocycles. The minimum absolute atomic E-state index is 0.00608. The Hall–Kier alpha value is -2.53. The van der Waals surface area contributed by atoms with Crippen molar-refractivity contribution < 1.29 is 9.53 Å². The normalized spacial score (nSPS) is 10.6. The van der Waals surface area contributed by atoms with Crippen LogP contribution in [0, 0.1) is 6.92 Å². The van der Waals surface area contributed by atoms with Crippen LogP contribution < -0.4 is 10.1 Å². The molecule has 0 radical (unpaired) electrons. The molecular formula is C20H20N2O2S. The zero-order valence-corrected chi connectivity index (χ0v) is 15.1. The largest absolute Gasteiger partial charge is 0.494 e. The van der Waals surface area contributed by atoms with Crippen LogP contribution in [0.4, 0.5) is 0 Å². The number of nitrogens with zero attached hydrogens (tertiary/aromatic N) is 1. The minimum atomic E-state index is -0.00608. The summed E-state index contributed by atoms with van der Waals surface area (Å²) in [4.78, 5) is 16.7. The molecule has 5 heteroatoms. The molecule has 0 spiro atoms. The maximum atomic E-state index is 12.1. The van der Waals surface area contributed by atoms with Crippen molar-refractivity contribution in [1.29, 1.82) is 0 Å². The van der Waals surface area contributed by atoms with E-state index in [2.05, 4.69) is 10.3 Å². The Labute approximate surface area is 151 Å². The van der Waals surface area contributed by atoms with Crippen molar-refractivity contribution in [2.24, 2.45) is 0 Å². The Kier molecular flexibility index (Phi) is 5.56. The average molecular weight is 352 g/mol. The van der Waals surface area contributed by atoms with Crippen LogP contribution in [-0.4, -0.2) is 23.8 Å². The van der Waals surface area contributed by atoms with E-state index in [1.54, 1.807) is 7.11 Å². The zero-order chi connectivity index (χ0) is 17.6. The fourth-order valence-electron chi connectivity index (χ4n) is 2.59. The van der Waals surface area contributed by atoms with Crippen LogP contribution in [0.2, 0.25) is 0 Å². The van der Waals surface area contributed by atoms with Gasteiger partial charge in [0.05, 0.1) is 17.9 Å². The van der Waals surface area contributed by atoms with Crippen molar-refractivity contribution in [1.82, 2.24) is 10.3 Å². The molecule has 0 fully saturated rings. The Morgan fingerprint density at radius 3 is 2.72 bits per heavy atom. The maximum Gasteiger partial charge on any atom is 0.230 e. The van der Waals surface area contributed by atoms with Gasteiger partial charge in [0.1, 0.15) is 11.3 Å². The molecule has 25 heavy (non-hydrogen) atoms. The molecule has 3 rings (SSSR count). The van der Waals surface area contributed by atoms with Crippen LogP contribution in [0.1, 0.15) is 11.1 Å². The second-order valence-corrected chi connectivity index (χ2v) is 6.68. The highest BCUT2D eigenvalue weighted by atomic mass is 32.2. The third kappa shape index (κ3) is 4.31. The van der Waals surface area contributed by atoms with E-state index in [4.69, 9.17) is 4.74 Å². The predicted octanol–water partition coefficient (Wildman–Crippen LogP) is 3.96. The summed E-state index contributed by atoms with van der Waals surface area (Å²) in [5, 5.41) is 4.82. The van der Waals surface area contributed by atoms with Crippen LogP contribution in [-0.2, 0) is 11.3 Å². The fourth-order valence-corrected chi connectivity index (χ4v) is 3.38. The van der Waals surface area contributed by atoms with Crippen molar-refractivity contribution >= 4 is 28.6 Å². The van der Waals surface area contributed by atoms with E-state index in [-0.39, 0.29) is 5.91 Å². The van der Waals surface area contributed by atoms with Crippen molar-refractivity contribution in [2.75, 3.05) is 12.9 Å². The number of carbonyl (C=O) groups excluding carboxylic acids is 1. The highest BCUT2D eigenvalue weighted by Gasteiger charge is 2.09. The van der Waals surface area contributed by atoms with Crippen molar-refractivity contribution in [3.05, 3.63) is 65.7 Å². The summed E-state index contributed by atoms with van der Waals surface area (Å²) < 4.78 is 5.40. The molecule has 0 aliphatic carbocycles. The van der Waals surface area contributed by atoms with Gasteiger partial charge in [-0.15, -0.1) is 0 Å². The molecule has 0 saturated heterocycles. The molecule has 1 N–H and O–H groups in total. The molecule has 0 saturated carbocycles. The van der Waals surface area contributed by atoms with Gasteiger partial charge in [-0.3, -0.25) is 4.79 Å². The summed E-state index contributed by atoms with van der Waals surface area (Å²) in [5.41, 5.74) is 3.04. The zero-order valence-electron chi connectivity index (χ0n) is 14.3. The van der Waals surface area contributed by atoms with E-state index < -0.39 is 0 Å². The van der Waals surface area contributed by atoms with Gasteiger partial charge < -0.3 is 10.1 Å². The number of aryl methyl sites for hydroxylation is 1. The Morgan fingerprint density at radius 2 is 1.96 bits per heavy atom. The number of fused-ring (bicyclic) bond motifs is 1. The monoisotopic (exact) mass is 352 g/mol. The number of aromatic nitrogens is 1. The highest BCUT2D eigenvalue weighted by Crippen LogP contribution is 2.29. The van der Waals surface area contributed by atoms with Crippen molar-refractivity contribution in [3.63, 3.8) is 0 Å². The molecule has 0 unspecified atom stereocenters. The number of para-hydroxylation sites is 1. The lowest BCUT2D eigenvalue weighted by atomic mass is 10.1. The Morgan fingerprint density at radius 1 is 1.16 bits per heavy atom. The van der Waals surface area contributed by atoms with E-state index >= 15 is 0 Å². The summed E-state index contributed by atoms with van der Waals surface area (Å²) in [6, 6.07) is 17.8. The van der Waals surface area contributed by atoms with Gasteiger partial charge in [-0.25, -0.2) is 4.98 Å². The molecular weight excluding hydrogens is 332 g/mol. The molecule has 2 aromatic carbocycles.